The molecule has 0 radical (unpaired) electrons. The van der Waals surface area contributed by atoms with Gasteiger partial charge in [0.25, 0.3) is 0 Å². The molecule has 0 aliphatic carbocycles. The molecule has 1 aliphatic heterocycles. The van der Waals surface area contributed by atoms with Gasteiger partial charge in [0.05, 0.1) is 5.69 Å². The Morgan fingerprint density at radius 3 is 2.89 bits per heavy atom. The van der Waals surface area contributed by atoms with Gasteiger partial charge in [-0.05, 0) is 38.2 Å². The topological polar surface area (TPSA) is 73.0 Å². The van der Waals surface area contributed by atoms with E-state index in [1.807, 2.05) is 13.8 Å². The number of nitriles is 1. The lowest BCUT2D eigenvalue weighted by Gasteiger charge is -2.19. The number of aliphatic hydroxyl groups excluding tert-OH is 1. The van der Waals surface area contributed by atoms with Crippen LogP contribution in [-0.2, 0) is 0 Å². The van der Waals surface area contributed by atoms with Gasteiger partial charge in [-0.2, -0.15) is 10.4 Å². The van der Waals surface area contributed by atoms with Crippen LogP contribution in [0.5, 0.6) is 0 Å². The van der Waals surface area contributed by atoms with Gasteiger partial charge < -0.3 is 10.0 Å². The first kappa shape index (κ1) is 12.8. The number of hydrogen-bond acceptors (Lipinski definition) is 5. The van der Waals surface area contributed by atoms with Crippen molar-refractivity contribution < 1.29 is 5.11 Å². The van der Waals surface area contributed by atoms with Crippen molar-refractivity contribution >= 4 is 5.82 Å². The number of aliphatic hydroxyl groups is 1. The molecule has 5 nitrogen and oxygen atoms in total. The molecule has 1 unspecified atom stereocenters. The fraction of sp³-hybridized carbons (Fsp3) is 0.615. The monoisotopic (exact) mass is 246 g/mol. The van der Waals surface area contributed by atoms with Gasteiger partial charge in [0.2, 0.25) is 0 Å². The van der Waals surface area contributed by atoms with Gasteiger partial charge >= 0.3 is 0 Å². The van der Waals surface area contributed by atoms with Gasteiger partial charge in [0.15, 0.2) is 5.82 Å². The molecular weight excluding hydrogens is 228 g/mol. The third-order valence-electron chi connectivity index (χ3n) is 3.67. The van der Waals surface area contributed by atoms with Crippen LogP contribution in [0.25, 0.3) is 0 Å². The van der Waals surface area contributed by atoms with E-state index >= 15 is 0 Å². The quantitative estimate of drug-likeness (QED) is 0.866. The minimum Gasteiger partial charge on any atom is -0.396 e. The van der Waals surface area contributed by atoms with Crippen LogP contribution in [0.3, 0.4) is 0 Å². The van der Waals surface area contributed by atoms with Gasteiger partial charge in [-0.15, -0.1) is 5.10 Å². The number of aryl methyl sites for hydroxylation is 1. The Hall–Kier alpha value is -1.67. The van der Waals surface area contributed by atoms with Crippen LogP contribution in [0.4, 0.5) is 5.82 Å². The van der Waals surface area contributed by atoms with Crippen molar-refractivity contribution in [2.24, 2.45) is 5.92 Å². The van der Waals surface area contributed by atoms with Crippen LogP contribution in [-0.4, -0.2) is 35.0 Å². The molecule has 1 fully saturated rings. The maximum atomic E-state index is 9.27. The van der Waals surface area contributed by atoms with Crippen molar-refractivity contribution in [2.45, 2.75) is 26.7 Å². The summed E-state index contributed by atoms with van der Waals surface area (Å²) in [6.07, 6.45) is 1.86. The molecule has 0 spiro atoms. The maximum absolute atomic E-state index is 9.27. The van der Waals surface area contributed by atoms with Gasteiger partial charge in [0, 0.05) is 19.7 Å². The smallest absolute Gasteiger partial charge is 0.169 e. The van der Waals surface area contributed by atoms with E-state index in [9.17, 15) is 5.26 Å². The highest BCUT2D eigenvalue weighted by atomic mass is 16.3. The fourth-order valence-corrected chi connectivity index (χ4v) is 2.39. The van der Waals surface area contributed by atoms with Gasteiger partial charge in [-0.25, -0.2) is 0 Å². The standard InChI is InChI=1S/C13H18N4O/c1-9-10(2)15-16-13(12(9)7-14)17-5-3-11(8-17)4-6-18/h11,18H,3-6,8H2,1-2H3. The summed E-state index contributed by atoms with van der Waals surface area (Å²) in [5.41, 5.74) is 2.35. The molecule has 5 heteroatoms. The first-order valence-electron chi connectivity index (χ1n) is 6.27. The van der Waals surface area contributed by atoms with Crippen LogP contribution < -0.4 is 4.90 Å². The molecule has 0 bridgehead atoms. The van der Waals surface area contributed by atoms with Crippen LogP contribution >= 0.6 is 0 Å². The van der Waals surface area contributed by atoms with Crippen molar-refractivity contribution in [1.82, 2.24) is 10.2 Å². The van der Waals surface area contributed by atoms with Gasteiger partial charge in [-0.3, -0.25) is 0 Å². The van der Waals surface area contributed by atoms with Crippen molar-refractivity contribution in [3.63, 3.8) is 0 Å². The zero-order valence-corrected chi connectivity index (χ0v) is 10.8. The molecule has 1 aliphatic rings. The molecule has 18 heavy (non-hydrogen) atoms. The SMILES string of the molecule is Cc1nnc(N2CCC(CCO)C2)c(C#N)c1C. The maximum Gasteiger partial charge on any atom is 0.169 e. The summed E-state index contributed by atoms with van der Waals surface area (Å²) in [5, 5.41) is 26.5. The number of hydrogen-bond donors (Lipinski definition) is 1. The van der Waals surface area contributed by atoms with E-state index in [0.29, 0.717) is 17.3 Å². The van der Waals surface area contributed by atoms with Crippen LogP contribution in [0, 0.1) is 31.1 Å². The zero-order valence-electron chi connectivity index (χ0n) is 10.8. The second kappa shape index (κ2) is 5.32. The van der Waals surface area contributed by atoms with Crippen molar-refractivity contribution in [2.75, 3.05) is 24.6 Å². The summed E-state index contributed by atoms with van der Waals surface area (Å²) in [6, 6.07) is 2.23. The molecule has 1 atom stereocenters. The minimum atomic E-state index is 0.224. The number of nitrogens with zero attached hydrogens (tertiary/aromatic N) is 4. The Kier molecular flexibility index (Phi) is 3.78. The van der Waals surface area contributed by atoms with Crippen molar-refractivity contribution in [1.29, 1.82) is 5.26 Å². The summed E-state index contributed by atoms with van der Waals surface area (Å²) in [4.78, 5) is 2.11. The molecule has 0 aromatic carbocycles. The Balaban J connectivity index is 2.25. The predicted molar refractivity (Wildman–Crippen MR) is 68.2 cm³/mol. The van der Waals surface area contributed by atoms with Crippen LogP contribution in [0.1, 0.15) is 29.7 Å². The van der Waals surface area contributed by atoms with E-state index < -0.39 is 0 Å². The van der Waals surface area contributed by atoms with Crippen LogP contribution in [0.2, 0.25) is 0 Å². The molecule has 1 saturated heterocycles. The highest BCUT2D eigenvalue weighted by Crippen LogP contribution is 2.27. The average Bonchev–Trinajstić information content (AvgIpc) is 2.81. The average molecular weight is 246 g/mol. The van der Waals surface area contributed by atoms with Crippen molar-refractivity contribution in [3.05, 3.63) is 16.8 Å². The highest BCUT2D eigenvalue weighted by molar-refractivity contribution is 5.57. The predicted octanol–water partition coefficient (Wildman–Crippen LogP) is 1.17. The molecule has 1 aromatic heterocycles. The molecule has 0 saturated carbocycles. The lowest BCUT2D eigenvalue weighted by Crippen LogP contribution is -2.23. The number of rotatable bonds is 3. The molecule has 2 heterocycles. The molecule has 96 valence electrons. The minimum absolute atomic E-state index is 0.224. The van der Waals surface area contributed by atoms with E-state index in [-0.39, 0.29) is 6.61 Å². The summed E-state index contributed by atoms with van der Waals surface area (Å²) >= 11 is 0. The normalized spacial score (nSPS) is 19.0. The van der Waals surface area contributed by atoms with E-state index in [1.54, 1.807) is 0 Å². The van der Waals surface area contributed by atoms with E-state index in [2.05, 4.69) is 21.2 Å². The summed E-state index contributed by atoms with van der Waals surface area (Å²) in [6.45, 7) is 5.74. The molecule has 2 rings (SSSR count). The van der Waals surface area contributed by atoms with E-state index in [4.69, 9.17) is 5.11 Å². The molecular formula is C13H18N4O. The lowest BCUT2D eigenvalue weighted by atomic mass is 10.1. The Morgan fingerprint density at radius 1 is 1.44 bits per heavy atom. The zero-order chi connectivity index (χ0) is 13.1. The van der Waals surface area contributed by atoms with Crippen LogP contribution in [0.15, 0.2) is 0 Å². The van der Waals surface area contributed by atoms with Gasteiger partial charge in [-0.1, -0.05) is 0 Å². The summed E-state index contributed by atoms with van der Waals surface area (Å²) < 4.78 is 0. The molecule has 0 amide bonds. The first-order chi connectivity index (χ1) is 8.67. The summed E-state index contributed by atoms with van der Waals surface area (Å²) in [5.74, 6) is 1.19. The molecule has 1 aromatic rings. The summed E-state index contributed by atoms with van der Waals surface area (Å²) in [7, 11) is 0. The van der Waals surface area contributed by atoms with E-state index in [1.165, 1.54) is 0 Å². The first-order valence-corrected chi connectivity index (χ1v) is 6.27. The Labute approximate surface area is 107 Å². The third kappa shape index (κ3) is 2.29. The third-order valence-corrected chi connectivity index (χ3v) is 3.67. The van der Waals surface area contributed by atoms with E-state index in [0.717, 1.165) is 37.2 Å². The largest absolute Gasteiger partial charge is 0.396 e. The fourth-order valence-electron chi connectivity index (χ4n) is 2.39. The van der Waals surface area contributed by atoms with Gasteiger partial charge in [0.1, 0.15) is 11.6 Å². The number of aromatic nitrogens is 2. The molecule has 1 N–H and O–H groups in total. The Bertz CT molecular complexity index is 481. The second-order valence-corrected chi connectivity index (χ2v) is 4.83. The highest BCUT2D eigenvalue weighted by Gasteiger charge is 2.26. The Morgan fingerprint density at radius 2 is 2.22 bits per heavy atom. The number of anilines is 1. The van der Waals surface area contributed by atoms with Crippen molar-refractivity contribution in [3.8, 4) is 6.07 Å². The second-order valence-electron chi connectivity index (χ2n) is 4.83. The lowest BCUT2D eigenvalue weighted by molar-refractivity contribution is 0.263.